The number of halogens is 1. The van der Waals surface area contributed by atoms with Gasteiger partial charge in [-0.05, 0) is 18.4 Å². The Morgan fingerprint density at radius 3 is 2.73 bits per heavy atom. The molecule has 0 saturated carbocycles. The van der Waals surface area contributed by atoms with E-state index in [0.717, 1.165) is 0 Å². The number of nitrogens with one attached hydrogen (secondary N) is 2. The summed E-state index contributed by atoms with van der Waals surface area (Å²) in [6.07, 6.45) is 0.425. The quantitative estimate of drug-likeness (QED) is 0.724. The Morgan fingerprint density at radius 1 is 1.35 bits per heavy atom. The van der Waals surface area contributed by atoms with Gasteiger partial charge in [0, 0.05) is 11.6 Å². The largest absolute Gasteiger partial charge is 0.350 e. The fourth-order valence-electron chi connectivity index (χ4n) is 2.36. The topological polar surface area (TPSA) is 108 Å². The second-order valence-electron chi connectivity index (χ2n) is 6.09. The highest BCUT2D eigenvalue weighted by Gasteiger charge is 2.24. The summed E-state index contributed by atoms with van der Waals surface area (Å²) in [6.45, 7) is 3.74. The second kappa shape index (κ2) is 9.02. The zero-order valence-corrected chi connectivity index (χ0v) is 15.2. The van der Waals surface area contributed by atoms with Gasteiger partial charge in [0.05, 0.1) is 11.1 Å². The number of amides is 2. The first-order chi connectivity index (χ1) is 12.4. The van der Waals surface area contributed by atoms with Gasteiger partial charge in [-0.25, -0.2) is 0 Å². The van der Waals surface area contributed by atoms with Crippen LogP contribution in [0.25, 0.3) is 11.3 Å². The maximum absolute atomic E-state index is 12.4. The van der Waals surface area contributed by atoms with Crippen LogP contribution in [0.2, 0.25) is 5.02 Å². The summed E-state index contributed by atoms with van der Waals surface area (Å²) < 4.78 is 5.10. The minimum Gasteiger partial charge on any atom is -0.350 e. The van der Waals surface area contributed by atoms with Gasteiger partial charge in [-0.1, -0.05) is 48.8 Å². The van der Waals surface area contributed by atoms with E-state index in [9.17, 15) is 9.59 Å². The van der Waals surface area contributed by atoms with Crippen molar-refractivity contribution in [3.63, 3.8) is 0 Å². The van der Waals surface area contributed by atoms with Gasteiger partial charge in [0.2, 0.25) is 11.7 Å². The third-order valence-electron chi connectivity index (χ3n) is 3.55. The molecule has 0 spiro atoms. The van der Waals surface area contributed by atoms with E-state index in [1.165, 1.54) is 6.07 Å². The van der Waals surface area contributed by atoms with E-state index in [0.29, 0.717) is 22.7 Å². The Labute approximate surface area is 156 Å². The highest BCUT2D eigenvalue weighted by Crippen LogP contribution is 2.27. The molecule has 2 rings (SSSR count). The molecule has 2 aromatic rings. The van der Waals surface area contributed by atoms with Crippen LogP contribution in [-0.4, -0.2) is 29.6 Å². The van der Waals surface area contributed by atoms with Gasteiger partial charge in [-0.3, -0.25) is 9.59 Å². The van der Waals surface area contributed by atoms with Crippen LogP contribution >= 0.6 is 11.6 Å². The zero-order valence-electron chi connectivity index (χ0n) is 14.5. The van der Waals surface area contributed by atoms with Crippen molar-refractivity contribution in [2.75, 3.05) is 6.54 Å². The van der Waals surface area contributed by atoms with Crippen LogP contribution in [0.1, 0.15) is 30.8 Å². The molecule has 0 saturated heterocycles. The molecule has 7 nitrogen and oxygen atoms in total. The van der Waals surface area contributed by atoms with Crippen LogP contribution in [-0.2, 0) is 4.79 Å². The van der Waals surface area contributed by atoms with Crippen molar-refractivity contribution in [2.24, 2.45) is 5.92 Å². The molecular formula is C18H19ClN4O3. The highest BCUT2D eigenvalue weighted by molar-refractivity contribution is 6.33. The average Bonchev–Trinajstić information content (AvgIpc) is 3.09. The van der Waals surface area contributed by atoms with Crippen molar-refractivity contribution in [3.8, 4) is 17.3 Å². The Hall–Kier alpha value is -2.85. The summed E-state index contributed by atoms with van der Waals surface area (Å²) in [6, 6.07) is 9.59. The number of hydrogen-bond donors (Lipinski definition) is 2. The Morgan fingerprint density at radius 2 is 2.08 bits per heavy atom. The van der Waals surface area contributed by atoms with Crippen LogP contribution in [0.3, 0.4) is 0 Å². The third kappa shape index (κ3) is 5.07. The summed E-state index contributed by atoms with van der Waals surface area (Å²) in [5, 5.41) is 18.0. The van der Waals surface area contributed by atoms with Crippen LogP contribution in [0.15, 0.2) is 34.9 Å². The smallest absolute Gasteiger partial charge is 0.290 e. The second-order valence-corrected chi connectivity index (χ2v) is 6.49. The van der Waals surface area contributed by atoms with Crippen LogP contribution in [0, 0.1) is 17.2 Å². The van der Waals surface area contributed by atoms with E-state index in [4.69, 9.17) is 21.4 Å². The number of nitrogens with zero attached hydrogens (tertiary/aromatic N) is 2. The van der Waals surface area contributed by atoms with Gasteiger partial charge in [0.1, 0.15) is 18.3 Å². The van der Waals surface area contributed by atoms with Crippen LogP contribution in [0.5, 0.6) is 0 Å². The SMILES string of the molecule is CC(C)C[C@H](NC(=O)c1cc(-c2ccccc2Cl)no1)C(=O)NCC#N. The molecule has 0 aliphatic rings. The summed E-state index contributed by atoms with van der Waals surface area (Å²) in [7, 11) is 0. The van der Waals surface area contributed by atoms with Crippen molar-refractivity contribution < 1.29 is 14.1 Å². The molecule has 0 aliphatic heterocycles. The molecule has 0 unspecified atom stereocenters. The minimum atomic E-state index is -0.773. The number of carbonyl (C=O) groups excluding carboxylic acids is 2. The maximum atomic E-state index is 12.4. The molecule has 0 bridgehead atoms. The molecule has 1 aromatic carbocycles. The maximum Gasteiger partial charge on any atom is 0.290 e. The lowest BCUT2D eigenvalue weighted by atomic mass is 10.0. The fourth-order valence-corrected chi connectivity index (χ4v) is 2.59. The molecule has 136 valence electrons. The van der Waals surface area contributed by atoms with E-state index in [2.05, 4.69) is 15.8 Å². The number of aromatic nitrogens is 1. The lowest BCUT2D eigenvalue weighted by Crippen LogP contribution is -2.47. The fraction of sp³-hybridized carbons (Fsp3) is 0.333. The third-order valence-corrected chi connectivity index (χ3v) is 3.88. The van der Waals surface area contributed by atoms with Gasteiger partial charge >= 0.3 is 0 Å². The lowest BCUT2D eigenvalue weighted by molar-refractivity contribution is -0.123. The first-order valence-electron chi connectivity index (χ1n) is 8.09. The van der Waals surface area contributed by atoms with E-state index >= 15 is 0 Å². The van der Waals surface area contributed by atoms with Crippen LogP contribution < -0.4 is 10.6 Å². The molecule has 2 amide bonds. The molecule has 1 aromatic heterocycles. The molecular weight excluding hydrogens is 356 g/mol. The van der Waals surface area contributed by atoms with Gasteiger partial charge in [-0.15, -0.1) is 0 Å². The number of benzene rings is 1. The predicted octanol–water partition coefficient (Wildman–Crippen LogP) is 2.78. The molecule has 2 N–H and O–H groups in total. The Kier molecular flexibility index (Phi) is 6.75. The van der Waals surface area contributed by atoms with E-state index in [1.807, 2.05) is 19.9 Å². The number of hydrogen-bond acceptors (Lipinski definition) is 5. The van der Waals surface area contributed by atoms with Crippen molar-refractivity contribution >= 4 is 23.4 Å². The Balaban J connectivity index is 2.13. The molecule has 1 heterocycles. The van der Waals surface area contributed by atoms with E-state index in [1.54, 1.807) is 24.3 Å². The predicted molar refractivity (Wildman–Crippen MR) is 96.3 cm³/mol. The molecule has 26 heavy (non-hydrogen) atoms. The minimum absolute atomic E-state index is 0.0261. The number of rotatable bonds is 7. The summed E-state index contributed by atoms with van der Waals surface area (Å²) >= 11 is 6.12. The summed E-state index contributed by atoms with van der Waals surface area (Å²) in [5.41, 5.74) is 1.07. The standard InChI is InChI=1S/C18H19ClN4O3/c1-11(2)9-15(17(24)21-8-7-20)22-18(25)16-10-14(23-26-16)12-5-3-4-6-13(12)19/h3-6,10-11,15H,8-9H2,1-2H3,(H,21,24)(H,22,25)/t15-/m0/s1. The average molecular weight is 375 g/mol. The van der Waals surface area contributed by atoms with Crippen molar-refractivity contribution in [1.82, 2.24) is 15.8 Å². The highest BCUT2D eigenvalue weighted by atomic mass is 35.5. The number of carbonyl (C=O) groups is 2. The van der Waals surface area contributed by atoms with E-state index in [-0.39, 0.29) is 18.2 Å². The van der Waals surface area contributed by atoms with Gasteiger partial charge in [-0.2, -0.15) is 5.26 Å². The monoisotopic (exact) mass is 374 g/mol. The molecule has 0 aliphatic carbocycles. The molecule has 1 atom stereocenters. The number of nitriles is 1. The van der Waals surface area contributed by atoms with Gasteiger partial charge in [0.25, 0.3) is 5.91 Å². The normalized spacial score (nSPS) is 11.7. The molecule has 8 heteroatoms. The summed E-state index contributed by atoms with van der Waals surface area (Å²) in [4.78, 5) is 24.6. The Bertz CT molecular complexity index is 826. The van der Waals surface area contributed by atoms with Crippen LogP contribution in [0.4, 0.5) is 0 Å². The van der Waals surface area contributed by atoms with Gasteiger partial charge in [0.15, 0.2) is 0 Å². The zero-order chi connectivity index (χ0) is 19.1. The lowest BCUT2D eigenvalue weighted by Gasteiger charge is -2.18. The van der Waals surface area contributed by atoms with E-state index < -0.39 is 17.9 Å². The molecule has 0 radical (unpaired) electrons. The van der Waals surface area contributed by atoms with Crippen molar-refractivity contribution in [3.05, 3.63) is 41.1 Å². The van der Waals surface area contributed by atoms with Crippen molar-refractivity contribution in [2.45, 2.75) is 26.3 Å². The first-order valence-corrected chi connectivity index (χ1v) is 8.47. The molecule has 0 fully saturated rings. The van der Waals surface area contributed by atoms with Gasteiger partial charge < -0.3 is 15.2 Å². The first kappa shape index (κ1) is 19.5. The van der Waals surface area contributed by atoms with Crippen molar-refractivity contribution in [1.29, 1.82) is 5.26 Å². The summed E-state index contributed by atoms with van der Waals surface area (Å²) in [5.74, 6) is -0.837.